The third-order valence-electron chi connectivity index (χ3n) is 6.21. The number of methoxy groups -OCH3 is 1. The molecule has 11 heteroatoms. The Bertz CT molecular complexity index is 1460. The van der Waals surface area contributed by atoms with Gasteiger partial charge in [-0.1, -0.05) is 54.4 Å². The van der Waals surface area contributed by atoms with Gasteiger partial charge in [0.25, 0.3) is 10.0 Å². The summed E-state index contributed by atoms with van der Waals surface area (Å²) in [6.45, 7) is 6.74. The number of nitrogens with zero attached hydrogens (tertiary/aromatic N) is 2. The molecule has 41 heavy (non-hydrogen) atoms. The molecule has 1 atom stereocenters. The molecule has 3 rings (SSSR count). The van der Waals surface area contributed by atoms with Crippen molar-refractivity contribution in [2.45, 2.75) is 57.1 Å². The van der Waals surface area contributed by atoms with E-state index in [1.807, 2.05) is 20.8 Å². The summed E-state index contributed by atoms with van der Waals surface area (Å²) in [4.78, 5) is 28.9. The van der Waals surface area contributed by atoms with E-state index in [0.29, 0.717) is 27.0 Å². The maximum atomic E-state index is 14.1. The van der Waals surface area contributed by atoms with E-state index in [-0.39, 0.29) is 23.8 Å². The van der Waals surface area contributed by atoms with Crippen LogP contribution < -0.4 is 14.4 Å². The fourth-order valence-electron chi connectivity index (χ4n) is 4.20. The van der Waals surface area contributed by atoms with Crippen LogP contribution in [0.25, 0.3) is 0 Å². The summed E-state index contributed by atoms with van der Waals surface area (Å²) in [5.41, 5.74) is 0.314. The van der Waals surface area contributed by atoms with Crippen molar-refractivity contribution in [2.75, 3.05) is 18.0 Å². The molecule has 220 valence electrons. The fraction of sp³-hybridized carbons (Fsp3) is 0.333. The average molecular weight is 621 g/mol. The second-order valence-electron chi connectivity index (χ2n) is 10.4. The highest BCUT2D eigenvalue weighted by Gasteiger charge is 2.34. The van der Waals surface area contributed by atoms with E-state index >= 15 is 0 Å². The largest absolute Gasteiger partial charge is 0.497 e. The number of benzene rings is 3. The van der Waals surface area contributed by atoms with E-state index in [0.717, 1.165) is 4.31 Å². The predicted octanol–water partition coefficient (Wildman–Crippen LogP) is 5.92. The highest BCUT2D eigenvalue weighted by Crippen LogP contribution is 2.27. The minimum atomic E-state index is -4.19. The average Bonchev–Trinajstić information content (AvgIpc) is 2.92. The molecule has 0 heterocycles. The molecule has 0 aromatic heterocycles. The predicted molar refractivity (Wildman–Crippen MR) is 163 cm³/mol. The van der Waals surface area contributed by atoms with Crippen LogP contribution in [0.3, 0.4) is 0 Å². The molecular weight excluding hydrogens is 585 g/mol. The number of nitrogens with one attached hydrogen (secondary N) is 1. The van der Waals surface area contributed by atoms with Crippen LogP contribution in [0.2, 0.25) is 10.0 Å². The molecule has 0 spiro atoms. The van der Waals surface area contributed by atoms with Crippen molar-refractivity contribution in [1.29, 1.82) is 0 Å². The van der Waals surface area contributed by atoms with Gasteiger partial charge in [0.05, 0.1) is 17.7 Å². The standard InChI is InChI=1S/C30H35Cl2N3O5S/c1-6-27(29(37)33-30(2,3)4)34(19-21-12-13-22(31)18-26(21)32)28(36)20-35(23-10-8-7-9-11-23)41(38,39)25-16-14-24(40-5)15-17-25/h7-18,27H,6,19-20H2,1-5H3,(H,33,37)/t27-/m1/s1. The Kier molecular flexibility index (Phi) is 10.7. The van der Waals surface area contributed by atoms with Crippen LogP contribution in [0.5, 0.6) is 5.75 Å². The normalized spacial score (nSPS) is 12.4. The molecule has 0 saturated heterocycles. The van der Waals surface area contributed by atoms with Crippen molar-refractivity contribution < 1.29 is 22.7 Å². The lowest BCUT2D eigenvalue weighted by Crippen LogP contribution is -2.55. The number of carbonyl (C=O) groups excluding carboxylic acids is 2. The number of sulfonamides is 1. The van der Waals surface area contributed by atoms with Gasteiger partial charge in [0.15, 0.2) is 0 Å². The van der Waals surface area contributed by atoms with Crippen LogP contribution in [-0.4, -0.2) is 50.4 Å². The molecule has 0 aliphatic heterocycles. The first-order valence-corrected chi connectivity index (χ1v) is 15.2. The Balaban J connectivity index is 2.07. The van der Waals surface area contributed by atoms with Gasteiger partial charge in [0, 0.05) is 22.1 Å². The Morgan fingerprint density at radius 3 is 2.15 bits per heavy atom. The molecule has 0 unspecified atom stereocenters. The van der Waals surface area contributed by atoms with E-state index in [2.05, 4.69) is 5.32 Å². The maximum Gasteiger partial charge on any atom is 0.264 e. The van der Waals surface area contributed by atoms with Gasteiger partial charge in [-0.3, -0.25) is 13.9 Å². The third-order valence-corrected chi connectivity index (χ3v) is 8.59. The van der Waals surface area contributed by atoms with Gasteiger partial charge < -0.3 is 15.0 Å². The zero-order valence-corrected chi connectivity index (χ0v) is 26.1. The number of anilines is 1. The molecule has 2 amide bonds. The third kappa shape index (κ3) is 8.38. The first-order chi connectivity index (χ1) is 19.3. The van der Waals surface area contributed by atoms with Gasteiger partial charge in [-0.05, 0) is 81.3 Å². The Labute approximate surface area is 252 Å². The van der Waals surface area contributed by atoms with E-state index < -0.39 is 34.1 Å². The lowest BCUT2D eigenvalue weighted by molar-refractivity contribution is -0.141. The van der Waals surface area contributed by atoms with Crippen LogP contribution in [0.15, 0.2) is 77.7 Å². The van der Waals surface area contributed by atoms with Gasteiger partial charge >= 0.3 is 0 Å². The first kappa shape index (κ1) is 32.2. The van der Waals surface area contributed by atoms with Gasteiger partial charge in [-0.15, -0.1) is 0 Å². The van der Waals surface area contributed by atoms with Crippen molar-refractivity contribution in [3.63, 3.8) is 0 Å². The molecule has 0 saturated carbocycles. The minimum absolute atomic E-state index is 0.0141. The summed E-state index contributed by atoms with van der Waals surface area (Å²) < 4.78 is 34.0. The number of carbonyl (C=O) groups is 2. The fourth-order valence-corrected chi connectivity index (χ4v) is 6.09. The van der Waals surface area contributed by atoms with E-state index in [4.69, 9.17) is 27.9 Å². The molecule has 0 aliphatic rings. The summed E-state index contributed by atoms with van der Waals surface area (Å²) in [7, 11) is -2.70. The van der Waals surface area contributed by atoms with Gasteiger partial charge in [-0.25, -0.2) is 8.42 Å². The quantitative estimate of drug-likeness (QED) is 0.287. The topological polar surface area (TPSA) is 96.0 Å². The van der Waals surface area contributed by atoms with Crippen LogP contribution in [0.4, 0.5) is 5.69 Å². The summed E-state index contributed by atoms with van der Waals surface area (Å²) in [5, 5.41) is 3.69. The number of ether oxygens (including phenoxy) is 1. The maximum absolute atomic E-state index is 14.1. The lowest BCUT2D eigenvalue weighted by Gasteiger charge is -2.35. The Morgan fingerprint density at radius 2 is 1.61 bits per heavy atom. The Morgan fingerprint density at radius 1 is 0.976 bits per heavy atom. The van der Waals surface area contributed by atoms with Crippen LogP contribution in [0, 0.1) is 0 Å². The van der Waals surface area contributed by atoms with Crippen molar-refractivity contribution in [2.24, 2.45) is 0 Å². The summed E-state index contributed by atoms with van der Waals surface area (Å²) in [6, 6.07) is 18.3. The lowest BCUT2D eigenvalue weighted by atomic mass is 10.1. The molecule has 8 nitrogen and oxygen atoms in total. The monoisotopic (exact) mass is 619 g/mol. The zero-order valence-electron chi connectivity index (χ0n) is 23.7. The number of halogens is 2. The molecule has 0 fully saturated rings. The highest BCUT2D eigenvalue weighted by molar-refractivity contribution is 7.92. The molecular formula is C30H35Cl2N3O5S. The Hall–Kier alpha value is -3.27. The van der Waals surface area contributed by atoms with E-state index in [1.165, 1.54) is 36.3 Å². The van der Waals surface area contributed by atoms with Crippen molar-refractivity contribution >= 4 is 50.7 Å². The minimum Gasteiger partial charge on any atom is -0.497 e. The van der Waals surface area contributed by atoms with E-state index in [9.17, 15) is 18.0 Å². The van der Waals surface area contributed by atoms with Crippen LogP contribution in [-0.2, 0) is 26.2 Å². The van der Waals surface area contributed by atoms with Gasteiger partial charge in [0.2, 0.25) is 11.8 Å². The number of rotatable bonds is 11. The number of hydrogen-bond donors (Lipinski definition) is 1. The highest BCUT2D eigenvalue weighted by atomic mass is 35.5. The number of para-hydroxylation sites is 1. The molecule has 0 bridgehead atoms. The van der Waals surface area contributed by atoms with E-state index in [1.54, 1.807) is 55.5 Å². The van der Waals surface area contributed by atoms with Crippen molar-refractivity contribution in [3.05, 3.63) is 88.4 Å². The molecule has 3 aromatic rings. The van der Waals surface area contributed by atoms with Crippen LogP contribution in [0.1, 0.15) is 39.7 Å². The summed E-state index contributed by atoms with van der Waals surface area (Å²) in [6.07, 6.45) is 0.287. The van der Waals surface area contributed by atoms with Crippen LogP contribution >= 0.6 is 23.2 Å². The second-order valence-corrected chi connectivity index (χ2v) is 13.1. The van der Waals surface area contributed by atoms with Gasteiger partial charge in [-0.2, -0.15) is 0 Å². The first-order valence-electron chi connectivity index (χ1n) is 13.0. The zero-order chi connectivity index (χ0) is 30.4. The SMILES string of the molecule is CC[C@H](C(=O)NC(C)(C)C)N(Cc1ccc(Cl)cc1Cl)C(=O)CN(c1ccccc1)S(=O)(=O)c1ccc(OC)cc1. The van der Waals surface area contributed by atoms with Gasteiger partial charge in [0.1, 0.15) is 18.3 Å². The molecule has 0 aliphatic carbocycles. The molecule has 3 aromatic carbocycles. The van der Waals surface area contributed by atoms with Crippen molar-refractivity contribution in [1.82, 2.24) is 10.2 Å². The molecule has 1 N–H and O–H groups in total. The summed E-state index contributed by atoms with van der Waals surface area (Å²) >= 11 is 12.5. The van der Waals surface area contributed by atoms with Crippen molar-refractivity contribution in [3.8, 4) is 5.75 Å². The summed E-state index contributed by atoms with van der Waals surface area (Å²) in [5.74, 6) is -0.441. The molecule has 0 radical (unpaired) electrons. The second kappa shape index (κ2) is 13.6. The number of hydrogen-bond acceptors (Lipinski definition) is 5. The number of amides is 2. The smallest absolute Gasteiger partial charge is 0.264 e.